The van der Waals surface area contributed by atoms with Crippen molar-refractivity contribution in [3.05, 3.63) is 29.6 Å². The lowest BCUT2D eigenvalue weighted by Gasteiger charge is -2.11. The van der Waals surface area contributed by atoms with E-state index in [1.165, 1.54) is 6.07 Å². The van der Waals surface area contributed by atoms with Gasteiger partial charge in [-0.15, -0.1) is 0 Å². The van der Waals surface area contributed by atoms with Crippen molar-refractivity contribution in [2.45, 2.75) is 51.1 Å². The minimum absolute atomic E-state index is 0.0385. The first-order valence-corrected chi connectivity index (χ1v) is 7.54. The molecule has 0 saturated heterocycles. The van der Waals surface area contributed by atoms with Crippen LogP contribution in [-0.4, -0.2) is 24.6 Å². The highest BCUT2D eigenvalue weighted by Crippen LogP contribution is 2.20. The lowest BCUT2D eigenvalue weighted by Crippen LogP contribution is -2.26. The summed E-state index contributed by atoms with van der Waals surface area (Å²) >= 11 is 0. The number of hydrogen-bond donors (Lipinski definition) is 2. The summed E-state index contributed by atoms with van der Waals surface area (Å²) in [7, 11) is 0. The number of nitrogens with one attached hydrogen (secondary N) is 1. The maximum atomic E-state index is 13.9. The Morgan fingerprint density at radius 3 is 2.90 bits per heavy atom. The summed E-state index contributed by atoms with van der Waals surface area (Å²) in [6.07, 6.45) is 3.87. The van der Waals surface area contributed by atoms with Crippen LogP contribution in [0.3, 0.4) is 0 Å². The van der Waals surface area contributed by atoms with Crippen molar-refractivity contribution in [2.75, 3.05) is 6.61 Å². The van der Waals surface area contributed by atoms with E-state index in [1.807, 2.05) is 13.0 Å². The molecule has 3 N–H and O–H groups in total. The highest BCUT2D eigenvalue weighted by Gasteiger charge is 2.22. The number of carbonyl (C=O) groups excluding carboxylic acids is 1. The number of hydrogen-bond acceptors (Lipinski definition) is 3. The fraction of sp³-hybridized carbons (Fsp3) is 0.562. The van der Waals surface area contributed by atoms with Crippen molar-refractivity contribution >= 4 is 5.91 Å². The zero-order chi connectivity index (χ0) is 15.2. The van der Waals surface area contributed by atoms with Crippen LogP contribution >= 0.6 is 0 Å². The van der Waals surface area contributed by atoms with E-state index in [2.05, 4.69) is 5.32 Å². The van der Waals surface area contributed by atoms with E-state index in [-0.39, 0.29) is 30.7 Å². The van der Waals surface area contributed by atoms with Gasteiger partial charge in [0.25, 0.3) is 0 Å². The van der Waals surface area contributed by atoms with Crippen LogP contribution in [0.4, 0.5) is 4.39 Å². The van der Waals surface area contributed by atoms with Gasteiger partial charge < -0.3 is 15.8 Å². The maximum absolute atomic E-state index is 13.9. The Bertz CT molecular complexity index is 489. The van der Waals surface area contributed by atoms with Crippen molar-refractivity contribution in [1.29, 1.82) is 0 Å². The number of carbonyl (C=O) groups is 1. The molecule has 1 aliphatic rings. The van der Waals surface area contributed by atoms with E-state index in [0.717, 1.165) is 24.8 Å². The number of ether oxygens (including phenoxy) is 1. The SMILES string of the molecule is CCC(N)Cc1ccc(OCCC(=O)NC2CC2)c(F)c1. The van der Waals surface area contributed by atoms with Gasteiger partial charge in [0, 0.05) is 12.1 Å². The third-order valence-corrected chi connectivity index (χ3v) is 3.55. The second kappa shape index (κ2) is 7.41. The van der Waals surface area contributed by atoms with E-state index < -0.39 is 5.82 Å². The maximum Gasteiger partial charge on any atom is 0.223 e. The average Bonchev–Trinajstić information content (AvgIpc) is 3.25. The number of benzene rings is 1. The molecule has 1 aromatic rings. The Balaban J connectivity index is 1.78. The standard InChI is InChI=1S/C16H23FN2O2/c1-2-12(18)9-11-3-6-15(14(17)10-11)21-8-7-16(20)19-13-4-5-13/h3,6,10,12-13H,2,4-5,7-9,18H2,1H3,(H,19,20). The first-order valence-electron chi connectivity index (χ1n) is 7.54. The fourth-order valence-corrected chi connectivity index (χ4v) is 2.02. The number of halogens is 1. The zero-order valence-electron chi connectivity index (χ0n) is 12.4. The number of rotatable bonds is 8. The van der Waals surface area contributed by atoms with E-state index in [4.69, 9.17) is 10.5 Å². The van der Waals surface area contributed by atoms with E-state index >= 15 is 0 Å². The summed E-state index contributed by atoms with van der Waals surface area (Å²) in [5.74, 6) is -0.259. The van der Waals surface area contributed by atoms with E-state index in [9.17, 15) is 9.18 Å². The van der Waals surface area contributed by atoms with Crippen molar-refractivity contribution in [1.82, 2.24) is 5.32 Å². The molecule has 0 aliphatic heterocycles. The Hall–Kier alpha value is -1.62. The highest BCUT2D eigenvalue weighted by molar-refractivity contribution is 5.76. The molecule has 2 rings (SSSR count). The molecule has 5 heteroatoms. The quantitative estimate of drug-likeness (QED) is 0.772. The molecule has 0 radical (unpaired) electrons. The van der Waals surface area contributed by atoms with Crippen LogP contribution in [0, 0.1) is 5.82 Å². The van der Waals surface area contributed by atoms with Crippen LogP contribution in [0.2, 0.25) is 0 Å². The smallest absolute Gasteiger partial charge is 0.223 e. The summed E-state index contributed by atoms with van der Waals surface area (Å²) in [6, 6.07) is 5.26. The fourth-order valence-electron chi connectivity index (χ4n) is 2.02. The van der Waals surface area contributed by atoms with Crippen LogP contribution in [0.5, 0.6) is 5.75 Å². The zero-order valence-corrected chi connectivity index (χ0v) is 12.4. The predicted octanol–water partition coefficient (Wildman–Crippen LogP) is 2.15. The minimum atomic E-state index is -0.404. The molecule has 1 unspecified atom stereocenters. The monoisotopic (exact) mass is 294 g/mol. The number of amides is 1. The van der Waals surface area contributed by atoms with Crippen LogP contribution in [0.1, 0.15) is 38.2 Å². The molecule has 0 heterocycles. The third-order valence-electron chi connectivity index (χ3n) is 3.55. The minimum Gasteiger partial charge on any atom is -0.490 e. The van der Waals surface area contributed by atoms with E-state index in [0.29, 0.717) is 12.5 Å². The first kappa shape index (κ1) is 15.8. The molecule has 1 aliphatic carbocycles. The third kappa shape index (κ3) is 5.34. The Labute approximate surface area is 124 Å². The van der Waals surface area contributed by atoms with Crippen molar-refractivity contribution in [2.24, 2.45) is 5.73 Å². The molecule has 1 amide bonds. The van der Waals surface area contributed by atoms with Gasteiger partial charge in [0.2, 0.25) is 5.91 Å². The highest BCUT2D eigenvalue weighted by atomic mass is 19.1. The second-order valence-electron chi connectivity index (χ2n) is 5.58. The summed E-state index contributed by atoms with van der Waals surface area (Å²) in [5, 5.41) is 2.87. The molecule has 116 valence electrons. The van der Waals surface area contributed by atoms with Gasteiger partial charge in [-0.05, 0) is 43.4 Å². The van der Waals surface area contributed by atoms with Gasteiger partial charge in [-0.25, -0.2) is 4.39 Å². The topological polar surface area (TPSA) is 64.3 Å². The van der Waals surface area contributed by atoms with Crippen LogP contribution in [0.15, 0.2) is 18.2 Å². The predicted molar refractivity (Wildman–Crippen MR) is 79.6 cm³/mol. The Morgan fingerprint density at radius 1 is 1.52 bits per heavy atom. The van der Waals surface area contributed by atoms with Gasteiger partial charge in [0.05, 0.1) is 13.0 Å². The van der Waals surface area contributed by atoms with Gasteiger partial charge in [-0.3, -0.25) is 4.79 Å². The van der Waals surface area contributed by atoms with Crippen molar-refractivity contribution in [3.8, 4) is 5.75 Å². The molecule has 1 fully saturated rings. The largest absolute Gasteiger partial charge is 0.490 e. The second-order valence-corrected chi connectivity index (χ2v) is 5.58. The Morgan fingerprint density at radius 2 is 2.29 bits per heavy atom. The van der Waals surface area contributed by atoms with E-state index in [1.54, 1.807) is 6.07 Å². The van der Waals surface area contributed by atoms with Gasteiger partial charge in [-0.1, -0.05) is 13.0 Å². The molecule has 4 nitrogen and oxygen atoms in total. The summed E-state index contributed by atoms with van der Waals surface area (Å²) in [4.78, 5) is 11.5. The van der Waals surface area contributed by atoms with Crippen molar-refractivity contribution in [3.63, 3.8) is 0 Å². The van der Waals surface area contributed by atoms with Crippen LogP contribution in [-0.2, 0) is 11.2 Å². The molecule has 0 bridgehead atoms. The van der Waals surface area contributed by atoms with Crippen LogP contribution < -0.4 is 15.8 Å². The molecule has 21 heavy (non-hydrogen) atoms. The summed E-state index contributed by atoms with van der Waals surface area (Å²) in [6.45, 7) is 2.19. The molecule has 0 spiro atoms. The normalized spacial score (nSPS) is 15.6. The van der Waals surface area contributed by atoms with Gasteiger partial charge in [-0.2, -0.15) is 0 Å². The average molecular weight is 294 g/mol. The number of nitrogens with two attached hydrogens (primary N) is 1. The molecule has 1 atom stereocenters. The molecule has 1 aromatic carbocycles. The van der Waals surface area contributed by atoms with Gasteiger partial charge in [0.15, 0.2) is 11.6 Å². The summed E-state index contributed by atoms with van der Waals surface area (Å²) in [5.41, 5.74) is 6.71. The van der Waals surface area contributed by atoms with Gasteiger partial charge in [0.1, 0.15) is 0 Å². The first-order chi connectivity index (χ1) is 10.1. The summed E-state index contributed by atoms with van der Waals surface area (Å²) < 4.78 is 19.2. The van der Waals surface area contributed by atoms with Crippen molar-refractivity contribution < 1.29 is 13.9 Å². The molecular formula is C16H23FN2O2. The molecule has 1 saturated carbocycles. The lowest BCUT2D eigenvalue weighted by atomic mass is 10.0. The Kier molecular flexibility index (Phi) is 5.56. The molecule has 0 aromatic heterocycles. The van der Waals surface area contributed by atoms with Gasteiger partial charge >= 0.3 is 0 Å². The molecular weight excluding hydrogens is 271 g/mol. The van der Waals surface area contributed by atoms with Crippen LogP contribution in [0.25, 0.3) is 0 Å². The lowest BCUT2D eigenvalue weighted by molar-refractivity contribution is -0.121.